The van der Waals surface area contributed by atoms with Gasteiger partial charge in [-0.15, -0.1) is 0 Å². The summed E-state index contributed by atoms with van der Waals surface area (Å²) in [5.74, 6) is -0.456. The van der Waals surface area contributed by atoms with E-state index in [-0.39, 0.29) is 6.61 Å². The molecule has 1 unspecified atom stereocenters. The molecule has 0 aromatic rings. The average molecular weight is 357 g/mol. The van der Waals surface area contributed by atoms with Gasteiger partial charge in [-0.05, 0) is 12.8 Å². The fraction of sp³-hybridized carbons (Fsp3) is 0.857. The molecule has 0 amide bonds. The van der Waals surface area contributed by atoms with Crippen LogP contribution in [-0.4, -0.2) is 35.5 Å². The van der Waals surface area contributed by atoms with Crippen molar-refractivity contribution in [3.8, 4) is 0 Å². The van der Waals surface area contributed by atoms with Gasteiger partial charge >= 0.3 is 5.97 Å². The molecule has 0 rings (SSSR count). The summed E-state index contributed by atoms with van der Waals surface area (Å²) in [5, 5.41) is 17.7. The Hall–Kier alpha value is -0.870. The van der Waals surface area contributed by atoms with Gasteiger partial charge in [-0.2, -0.15) is 0 Å². The van der Waals surface area contributed by atoms with Crippen molar-refractivity contribution in [2.75, 3.05) is 13.2 Å². The smallest absolute Gasteiger partial charge is 0.330 e. The molecule has 0 aromatic heterocycles. The lowest BCUT2D eigenvalue weighted by atomic mass is 10.0. The first-order valence-corrected chi connectivity index (χ1v) is 10.3. The maximum Gasteiger partial charge on any atom is 0.330 e. The molecule has 0 saturated heterocycles. The van der Waals surface area contributed by atoms with Crippen LogP contribution in [0.3, 0.4) is 0 Å². The molecule has 4 nitrogen and oxygen atoms in total. The van der Waals surface area contributed by atoms with Gasteiger partial charge in [0.1, 0.15) is 12.7 Å². The summed E-state index contributed by atoms with van der Waals surface area (Å²) in [6.45, 7) is 1.71. The van der Waals surface area contributed by atoms with E-state index in [0.717, 1.165) is 12.8 Å². The number of ether oxygens (including phenoxy) is 1. The number of aliphatic hydroxyl groups is 2. The van der Waals surface area contributed by atoms with E-state index in [0.29, 0.717) is 0 Å². The van der Waals surface area contributed by atoms with Gasteiger partial charge in [-0.1, -0.05) is 90.0 Å². The highest BCUT2D eigenvalue weighted by atomic mass is 16.5. The van der Waals surface area contributed by atoms with E-state index in [9.17, 15) is 4.79 Å². The second-order valence-electron chi connectivity index (χ2n) is 6.90. The summed E-state index contributed by atoms with van der Waals surface area (Å²) in [7, 11) is 0. The highest BCUT2D eigenvalue weighted by molar-refractivity contribution is 5.81. The van der Waals surface area contributed by atoms with Gasteiger partial charge in [0.05, 0.1) is 6.61 Å². The maximum absolute atomic E-state index is 11.3. The third-order valence-electron chi connectivity index (χ3n) is 4.36. The monoisotopic (exact) mass is 356 g/mol. The number of aliphatic hydroxyl groups excluding tert-OH is 2. The highest BCUT2D eigenvalue weighted by Crippen LogP contribution is 2.13. The Morgan fingerprint density at radius 2 is 1.36 bits per heavy atom. The maximum atomic E-state index is 11.3. The van der Waals surface area contributed by atoms with Gasteiger partial charge in [0.2, 0.25) is 0 Å². The van der Waals surface area contributed by atoms with Crippen molar-refractivity contribution in [3.05, 3.63) is 12.2 Å². The molecule has 0 heterocycles. The second-order valence-corrected chi connectivity index (χ2v) is 6.90. The Labute approximate surface area is 154 Å². The number of hydrogen-bond donors (Lipinski definition) is 2. The van der Waals surface area contributed by atoms with E-state index < -0.39 is 18.7 Å². The standard InChI is InChI=1S/C21H40O4/c1-2-3-4-5-6-7-8-9-10-11-12-13-14-15-16-17-21(24)25-19-20(23)18-22/h16-17,20,22-23H,2-15,18-19H2,1H3/b17-16-. The van der Waals surface area contributed by atoms with E-state index in [4.69, 9.17) is 14.9 Å². The SMILES string of the molecule is CCCCCCCCCCCCCCC/C=C\C(=O)OCC(O)CO. The summed E-state index contributed by atoms with van der Waals surface area (Å²) in [6, 6.07) is 0. The number of allylic oxidation sites excluding steroid dienone is 1. The minimum absolute atomic E-state index is 0.154. The van der Waals surface area contributed by atoms with Crippen LogP contribution in [0.4, 0.5) is 0 Å². The zero-order chi connectivity index (χ0) is 18.6. The third kappa shape index (κ3) is 19.3. The molecule has 4 heteroatoms. The van der Waals surface area contributed by atoms with Crippen LogP contribution in [0.5, 0.6) is 0 Å². The average Bonchev–Trinajstić information content (AvgIpc) is 2.62. The minimum atomic E-state index is -0.988. The van der Waals surface area contributed by atoms with Gasteiger partial charge < -0.3 is 14.9 Å². The van der Waals surface area contributed by atoms with E-state index >= 15 is 0 Å². The topological polar surface area (TPSA) is 66.8 Å². The van der Waals surface area contributed by atoms with Crippen LogP contribution in [-0.2, 0) is 9.53 Å². The van der Waals surface area contributed by atoms with Crippen molar-refractivity contribution in [1.29, 1.82) is 0 Å². The van der Waals surface area contributed by atoms with Crippen molar-refractivity contribution < 1.29 is 19.7 Å². The Kier molecular flexibility index (Phi) is 18.8. The Bertz CT molecular complexity index is 315. The molecule has 0 aliphatic rings. The number of carbonyl (C=O) groups is 1. The van der Waals surface area contributed by atoms with Gasteiger partial charge in [0, 0.05) is 6.08 Å². The molecule has 0 aliphatic carbocycles. The summed E-state index contributed by atoms with van der Waals surface area (Å²) in [5.41, 5.74) is 0. The first-order chi connectivity index (χ1) is 12.2. The quantitative estimate of drug-likeness (QED) is 0.208. The van der Waals surface area contributed by atoms with Crippen LogP contribution >= 0.6 is 0 Å². The number of carbonyl (C=O) groups excluding carboxylic acids is 1. The van der Waals surface area contributed by atoms with E-state index in [1.165, 1.54) is 83.1 Å². The van der Waals surface area contributed by atoms with E-state index in [2.05, 4.69) is 6.92 Å². The van der Waals surface area contributed by atoms with Crippen molar-refractivity contribution in [1.82, 2.24) is 0 Å². The molecule has 0 aliphatic heterocycles. The molecule has 148 valence electrons. The predicted octanol–water partition coefficient (Wildman–Crippen LogP) is 4.92. The zero-order valence-corrected chi connectivity index (χ0v) is 16.3. The van der Waals surface area contributed by atoms with Gasteiger partial charge in [0.25, 0.3) is 0 Å². The molecular formula is C21H40O4. The molecule has 1 atom stereocenters. The number of esters is 1. The van der Waals surface area contributed by atoms with Crippen molar-refractivity contribution >= 4 is 5.97 Å². The largest absolute Gasteiger partial charge is 0.460 e. The van der Waals surface area contributed by atoms with Crippen LogP contribution in [0.15, 0.2) is 12.2 Å². The molecular weight excluding hydrogens is 316 g/mol. The van der Waals surface area contributed by atoms with Gasteiger partial charge in [-0.3, -0.25) is 0 Å². The Balaban J connectivity index is 3.23. The van der Waals surface area contributed by atoms with Gasteiger partial charge in [0.15, 0.2) is 0 Å². The van der Waals surface area contributed by atoms with Crippen molar-refractivity contribution in [2.24, 2.45) is 0 Å². The zero-order valence-electron chi connectivity index (χ0n) is 16.3. The van der Waals surface area contributed by atoms with Crippen LogP contribution in [0.1, 0.15) is 96.8 Å². The molecule has 25 heavy (non-hydrogen) atoms. The number of hydrogen-bond acceptors (Lipinski definition) is 4. The molecule has 0 aromatic carbocycles. The van der Waals surface area contributed by atoms with Gasteiger partial charge in [-0.25, -0.2) is 4.79 Å². The lowest BCUT2D eigenvalue weighted by molar-refractivity contribution is -0.141. The normalized spacial score (nSPS) is 12.6. The first kappa shape index (κ1) is 24.1. The lowest BCUT2D eigenvalue weighted by Crippen LogP contribution is -2.21. The second kappa shape index (κ2) is 19.5. The fourth-order valence-corrected chi connectivity index (χ4v) is 2.74. The molecule has 0 bridgehead atoms. The lowest BCUT2D eigenvalue weighted by Gasteiger charge is -2.06. The summed E-state index contributed by atoms with van der Waals surface area (Å²) in [6.07, 6.45) is 20.5. The first-order valence-electron chi connectivity index (χ1n) is 10.3. The predicted molar refractivity (Wildman–Crippen MR) is 104 cm³/mol. The Morgan fingerprint density at radius 3 is 1.84 bits per heavy atom. The van der Waals surface area contributed by atoms with Crippen LogP contribution in [0, 0.1) is 0 Å². The fourth-order valence-electron chi connectivity index (χ4n) is 2.74. The van der Waals surface area contributed by atoms with Crippen LogP contribution in [0.2, 0.25) is 0 Å². The summed E-state index contributed by atoms with van der Waals surface area (Å²) in [4.78, 5) is 11.3. The van der Waals surface area contributed by atoms with Crippen molar-refractivity contribution in [2.45, 2.75) is 103 Å². The molecule has 0 radical (unpaired) electrons. The molecule has 2 N–H and O–H groups in total. The van der Waals surface area contributed by atoms with Crippen molar-refractivity contribution in [3.63, 3.8) is 0 Å². The van der Waals surface area contributed by atoms with Crippen LogP contribution in [0.25, 0.3) is 0 Å². The number of rotatable bonds is 18. The van der Waals surface area contributed by atoms with Crippen LogP contribution < -0.4 is 0 Å². The molecule has 0 fully saturated rings. The van der Waals surface area contributed by atoms with E-state index in [1.807, 2.05) is 6.08 Å². The van der Waals surface area contributed by atoms with E-state index in [1.54, 1.807) is 0 Å². The number of unbranched alkanes of at least 4 members (excludes halogenated alkanes) is 13. The third-order valence-corrected chi connectivity index (χ3v) is 4.36. The summed E-state index contributed by atoms with van der Waals surface area (Å²) < 4.78 is 4.78. The minimum Gasteiger partial charge on any atom is -0.460 e. The molecule has 0 saturated carbocycles. The Morgan fingerprint density at radius 1 is 0.880 bits per heavy atom. The highest BCUT2D eigenvalue weighted by Gasteiger charge is 2.04. The summed E-state index contributed by atoms with van der Waals surface area (Å²) >= 11 is 0. The molecule has 0 spiro atoms.